The molecule has 1 aromatic carbocycles. The summed E-state index contributed by atoms with van der Waals surface area (Å²) in [4.78, 5) is 0. The van der Waals surface area contributed by atoms with Crippen LogP contribution < -0.4 is 5.32 Å². The van der Waals surface area contributed by atoms with Gasteiger partial charge in [-0.2, -0.15) is 0 Å². The second-order valence-corrected chi connectivity index (χ2v) is 4.60. The maximum absolute atomic E-state index is 13.5. The zero-order valence-electron chi connectivity index (χ0n) is 11.5. The zero-order chi connectivity index (χ0) is 14.5. The Hall–Kier alpha value is -1.82. The van der Waals surface area contributed by atoms with E-state index in [1.807, 2.05) is 6.92 Å². The van der Waals surface area contributed by atoms with Crippen molar-refractivity contribution in [1.29, 1.82) is 0 Å². The van der Waals surface area contributed by atoms with Crippen molar-refractivity contribution in [3.05, 3.63) is 47.2 Å². The van der Waals surface area contributed by atoms with Gasteiger partial charge in [0.2, 0.25) is 11.8 Å². The fraction of sp³-hybridized carbons (Fsp3) is 0.429. The molecule has 1 atom stereocenters. The van der Waals surface area contributed by atoms with Gasteiger partial charge >= 0.3 is 0 Å². The van der Waals surface area contributed by atoms with E-state index in [1.165, 1.54) is 12.1 Å². The zero-order valence-corrected chi connectivity index (χ0v) is 11.5. The molecule has 2 aromatic rings. The van der Waals surface area contributed by atoms with Gasteiger partial charge < -0.3 is 9.73 Å². The van der Waals surface area contributed by atoms with E-state index in [0.29, 0.717) is 5.89 Å². The first-order chi connectivity index (χ1) is 9.61. The summed E-state index contributed by atoms with van der Waals surface area (Å²) >= 11 is 0. The Morgan fingerprint density at radius 1 is 1.30 bits per heavy atom. The molecule has 0 radical (unpaired) electrons. The Balaban J connectivity index is 2.07. The van der Waals surface area contributed by atoms with E-state index in [0.717, 1.165) is 19.0 Å². The van der Waals surface area contributed by atoms with Gasteiger partial charge in [-0.1, -0.05) is 19.1 Å². The van der Waals surface area contributed by atoms with Crippen molar-refractivity contribution in [1.82, 2.24) is 15.5 Å². The van der Waals surface area contributed by atoms with E-state index < -0.39 is 11.6 Å². The van der Waals surface area contributed by atoms with E-state index in [-0.39, 0.29) is 23.9 Å². The van der Waals surface area contributed by atoms with Crippen molar-refractivity contribution >= 4 is 0 Å². The van der Waals surface area contributed by atoms with E-state index in [2.05, 4.69) is 22.4 Å². The molecule has 0 aliphatic heterocycles. The minimum absolute atomic E-state index is 0.0615. The quantitative estimate of drug-likeness (QED) is 0.884. The lowest BCUT2D eigenvalue weighted by molar-refractivity contribution is 0.395. The number of nitrogens with zero attached hydrogens (tertiary/aromatic N) is 2. The lowest BCUT2D eigenvalue weighted by atomic mass is 10.1. The summed E-state index contributed by atoms with van der Waals surface area (Å²) in [5, 5.41) is 11.0. The highest BCUT2D eigenvalue weighted by Crippen LogP contribution is 2.17. The molecule has 0 fully saturated rings. The molecule has 1 N–H and O–H groups in total. The third-order valence-corrected chi connectivity index (χ3v) is 2.93. The van der Waals surface area contributed by atoms with E-state index in [9.17, 15) is 8.78 Å². The molecule has 2 rings (SSSR count). The van der Waals surface area contributed by atoms with Crippen LogP contribution in [0.25, 0.3) is 0 Å². The summed E-state index contributed by atoms with van der Waals surface area (Å²) in [6.45, 7) is 4.82. The molecule has 0 saturated carbocycles. The minimum atomic E-state index is -0.875. The molecule has 1 aromatic heterocycles. The molecule has 0 spiro atoms. The van der Waals surface area contributed by atoms with Gasteiger partial charge in [-0.3, -0.25) is 0 Å². The standard InChI is InChI=1S/C14H17F2N3O/c1-3-7-17-9(2)14-19-18-12(20-14)8-10-5-4-6-11(15)13(10)16/h4-6,9,17H,3,7-8H2,1-2H3. The third-order valence-electron chi connectivity index (χ3n) is 2.93. The van der Waals surface area contributed by atoms with Gasteiger partial charge in [0.15, 0.2) is 11.6 Å². The van der Waals surface area contributed by atoms with Crippen molar-refractivity contribution in [2.75, 3.05) is 6.54 Å². The Morgan fingerprint density at radius 3 is 2.85 bits per heavy atom. The van der Waals surface area contributed by atoms with Crippen molar-refractivity contribution in [2.45, 2.75) is 32.7 Å². The largest absolute Gasteiger partial charge is 0.423 e. The van der Waals surface area contributed by atoms with Gasteiger partial charge in [-0.15, -0.1) is 10.2 Å². The van der Waals surface area contributed by atoms with Crippen molar-refractivity contribution in [3.8, 4) is 0 Å². The average Bonchev–Trinajstić information content (AvgIpc) is 2.90. The van der Waals surface area contributed by atoms with Crippen LogP contribution in [-0.2, 0) is 6.42 Å². The summed E-state index contributed by atoms with van der Waals surface area (Å²) < 4.78 is 32.1. The summed E-state index contributed by atoms with van der Waals surface area (Å²) in [5.41, 5.74) is 0.203. The number of hydrogen-bond acceptors (Lipinski definition) is 4. The van der Waals surface area contributed by atoms with Crippen molar-refractivity contribution in [3.63, 3.8) is 0 Å². The second kappa shape index (κ2) is 6.56. The molecular weight excluding hydrogens is 264 g/mol. The van der Waals surface area contributed by atoms with Crippen molar-refractivity contribution in [2.24, 2.45) is 0 Å². The summed E-state index contributed by atoms with van der Waals surface area (Å²) in [6, 6.07) is 3.97. The molecule has 0 aliphatic carbocycles. The second-order valence-electron chi connectivity index (χ2n) is 4.60. The monoisotopic (exact) mass is 281 g/mol. The molecule has 1 heterocycles. The Labute approximate surface area is 116 Å². The van der Waals surface area contributed by atoms with Crippen LogP contribution in [0.4, 0.5) is 8.78 Å². The fourth-order valence-electron chi connectivity index (χ4n) is 1.81. The lowest BCUT2D eigenvalue weighted by Gasteiger charge is -2.07. The number of rotatable bonds is 6. The van der Waals surface area contributed by atoms with Crippen LogP contribution >= 0.6 is 0 Å². The average molecular weight is 281 g/mol. The SMILES string of the molecule is CCCNC(C)c1nnc(Cc2cccc(F)c2F)o1. The van der Waals surface area contributed by atoms with Gasteiger partial charge in [-0.05, 0) is 26.0 Å². The predicted octanol–water partition coefficient (Wildman–Crippen LogP) is 3.00. The third kappa shape index (κ3) is 3.39. The van der Waals surface area contributed by atoms with Gasteiger partial charge in [0.05, 0.1) is 12.5 Å². The van der Waals surface area contributed by atoms with E-state index in [4.69, 9.17) is 4.42 Å². The van der Waals surface area contributed by atoms with Crippen LogP contribution in [0.2, 0.25) is 0 Å². The molecule has 0 aliphatic rings. The fourth-order valence-corrected chi connectivity index (χ4v) is 1.81. The maximum atomic E-state index is 13.5. The molecule has 1 unspecified atom stereocenters. The summed E-state index contributed by atoms with van der Waals surface area (Å²) in [5.74, 6) is -1.02. The normalized spacial score (nSPS) is 12.6. The van der Waals surface area contributed by atoms with Gasteiger partial charge in [-0.25, -0.2) is 8.78 Å². The summed E-state index contributed by atoms with van der Waals surface area (Å²) in [7, 11) is 0. The molecule has 20 heavy (non-hydrogen) atoms. The number of aromatic nitrogens is 2. The maximum Gasteiger partial charge on any atom is 0.233 e. The minimum Gasteiger partial charge on any atom is -0.423 e. The molecular formula is C14H17F2N3O. The van der Waals surface area contributed by atoms with Crippen LogP contribution in [0.5, 0.6) is 0 Å². The van der Waals surface area contributed by atoms with Crippen LogP contribution in [0, 0.1) is 11.6 Å². The predicted molar refractivity (Wildman–Crippen MR) is 70.2 cm³/mol. The first kappa shape index (κ1) is 14.6. The van der Waals surface area contributed by atoms with E-state index >= 15 is 0 Å². The highest BCUT2D eigenvalue weighted by Gasteiger charge is 2.15. The van der Waals surface area contributed by atoms with Crippen LogP contribution in [0.15, 0.2) is 22.6 Å². The molecule has 0 amide bonds. The van der Waals surface area contributed by atoms with Gasteiger partial charge in [0.25, 0.3) is 0 Å². The first-order valence-corrected chi connectivity index (χ1v) is 6.60. The number of benzene rings is 1. The van der Waals surface area contributed by atoms with Crippen LogP contribution in [-0.4, -0.2) is 16.7 Å². The Morgan fingerprint density at radius 2 is 2.10 bits per heavy atom. The van der Waals surface area contributed by atoms with Gasteiger partial charge in [0.1, 0.15) is 0 Å². The van der Waals surface area contributed by atoms with E-state index in [1.54, 1.807) is 0 Å². The Kier molecular flexibility index (Phi) is 4.79. The molecule has 108 valence electrons. The molecule has 4 nitrogen and oxygen atoms in total. The van der Waals surface area contributed by atoms with Crippen LogP contribution in [0.3, 0.4) is 0 Å². The highest BCUT2D eigenvalue weighted by molar-refractivity contribution is 5.21. The number of nitrogens with one attached hydrogen (secondary N) is 1. The topological polar surface area (TPSA) is 51.0 Å². The molecule has 6 heteroatoms. The first-order valence-electron chi connectivity index (χ1n) is 6.60. The number of hydrogen-bond donors (Lipinski definition) is 1. The van der Waals surface area contributed by atoms with Crippen molar-refractivity contribution < 1.29 is 13.2 Å². The smallest absolute Gasteiger partial charge is 0.233 e. The Bertz CT molecular complexity index is 571. The van der Waals surface area contributed by atoms with Gasteiger partial charge in [0, 0.05) is 5.56 Å². The molecule has 0 saturated heterocycles. The van der Waals surface area contributed by atoms with Crippen LogP contribution in [0.1, 0.15) is 43.7 Å². The number of halogens is 2. The summed E-state index contributed by atoms with van der Waals surface area (Å²) in [6.07, 6.45) is 1.08. The lowest BCUT2D eigenvalue weighted by Crippen LogP contribution is -2.19. The molecule has 0 bridgehead atoms. The highest BCUT2D eigenvalue weighted by atomic mass is 19.2.